The number of nitrogens with one attached hydrogen (secondary N) is 1. The molecule has 0 saturated heterocycles. The minimum Gasteiger partial charge on any atom is -0.392 e. The van der Waals surface area contributed by atoms with Gasteiger partial charge in [0.2, 0.25) is 5.91 Å². The highest BCUT2D eigenvalue weighted by molar-refractivity contribution is 7.15. The van der Waals surface area contributed by atoms with E-state index in [1.165, 1.54) is 22.9 Å². The number of aliphatic hydroxyl groups excluding tert-OH is 1. The molecule has 9 heteroatoms. The van der Waals surface area contributed by atoms with Crippen molar-refractivity contribution in [2.45, 2.75) is 47.3 Å². The average Bonchev–Trinajstić information content (AvgIpc) is 3.16. The van der Waals surface area contributed by atoms with E-state index in [2.05, 4.69) is 33.9 Å². The number of rotatable bonds is 3. The summed E-state index contributed by atoms with van der Waals surface area (Å²) < 4.78 is 2.13. The topological polar surface area (TPSA) is 92.4 Å². The van der Waals surface area contributed by atoms with Gasteiger partial charge in [0, 0.05) is 34.5 Å². The molecule has 0 saturated carbocycles. The Hall–Kier alpha value is -2.55. The zero-order valence-electron chi connectivity index (χ0n) is 18.2. The van der Waals surface area contributed by atoms with Crippen LogP contribution in [0.5, 0.6) is 0 Å². The molecule has 0 fully saturated rings. The van der Waals surface area contributed by atoms with Gasteiger partial charge in [0.15, 0.2) is 5.82 Å². The molecule has 1 atom stereocenters. The SMILES string of the molecule is CC(=O)NCC(C)O.Cc1sc2c(c1C)C(c1ccc(Cl)cc1)=NCc1nnc(C)n1-2. The summed E-state index contributed by atoms with van der Waals surface area (Å²) in [5.41, 5.74) is 4.52. The van der Waals surface area contributed by atoms with E-state index >= 15 is 0 Å². The van der Waals surface area contributed by atoms with Gasteiger partial charge in [0.1, 0.15) is 17.4 Å². The molecule has 164 valence electrons. The Morgan fingerprint density at radius 2 is 1.94 bits per heavy atom. The molecule has 7 nitrogen and oxygen atoms in total. The maximum absolute atomic E-state index is 10.1. The van der Waals surface area contributed by atoms with Gasteiger partial charge in [-0.15, -0.1) is 21.5 Å². The molecule has 1 aliphatic heterocycles. The summed E-state index contributed by atoms with van der Waals surface area (Å²) in [7, 11) is 0. The zero-order valence-corrected chi connectivity index (χ0v) is 19.8. The second kappa shape index (κ2) is 9.72. The lowest BCUT2D eigenvalue weighted by molar-refractivity contribution is -0.119. The number of aliphatic imine (C=N–C) groups is 1. The van der Waals surface area contributed by atoms with Gasteiger partial charge >= 0.3 is 0 Å². The van der Waals surface area contributed by atoms with E-state index in [-0.39, 0.29) is 5.91 Å². The molecule has 0 radical (unpaired) electrons. The first kappa shape index (κ1) is 23.1. The summed E-state index contributed by atoms with van der Waals surface area (Å²) in [5.74, 6) is 1.68. The summed E-state index contributed by atoms with van der Waals surface area (Å²) in [6.07, 6.45) is -0.445. The van der Waals surface area contributed by atoms with Crippen molar-refractivity contribution in [1.29, 1.82) is 0 Å². The molecular formula is C22H26ClN5O2S. The highest BCUT2D eigenvalue weighted by Crippen LogP contribution is 2.36. The molecule has 3 aromatic rings. The van der Waals surface area contributed by atoms with E-state index in [1.807, 2.05) is 31.2 Å². The summed E-state index contributed by atoms with van der Waals surface area (Å²) in [4.78, 5) is 16.3. The third kappa shape index (κ3) is 5.20. The van der Waals surface area contributed by atoms with E-state index < -0.39 is 6.10 Å². The number of carbonyl (C=O) groups is 1. The van der Waals surface area contributed by atoms with Crippen LogP contribution in [-0.4, -0.2) is 44.1 Å². The van der Waals surface area contributed by atoms with Crippen molar-refractivity contribution < 1.29 is 9.90 Å². The molecule has 1 aliphatic rings. The van der Waals surface area contributed by atoms with Crippen molar-refractivity contribution in [2.75, 3.05) is 6.54 Å². The average molecular weight is 460 g/mol. The first-order chi connectivity index (χ1) is 14.7. The van der Waals surface area contributed by atoms with Crippen LogP contribution >= 0.6 is 22.9 Å². The summed E-state index contributed by atoms with van der Waals surface area (Å²) in [5, 5.41) is 21.4. The Morgan fingerprint density at radius 1 is 1.26 bits per heavy atom. The fraction of sp³-hybridized carbons (Fsp3) is 0.364. The lowest BCUT2D eigenvalue weighted by atomic mass is 10.00. The first-order valence-electron chi connectivity index (χ1n) is 9.93. The number of aromatic nitrogens is 3. The molecule has 2 aromatic heterocycles. The maximum Gasteiger partial charge on any atom is 0.216 e. The molecule has 0 bridgehead atoms. The Morgan fingerprint density at radius 3 is 2.52 bits per heavy atom. The number of hydrogen-bond donors (Lipinski definition) is 2. The van der Waals surface area contributed by atoms with E-state index in [9.17, 15) is 4.79 Å². The van der Waals surface area contributed by atoms with Crippen molar-refractivity contribution in [1.82, 2.24) is 20.1 Å². The third-order valence-electron chi connectivity index (χ3n) is 4.84. The molecule has 2 N–H and O–H groups in total. The lowest BCUT2D eigenvalue weighted by Crippen LogP contribution is -2.28. The number of fused-ring (bicyclic) bond motifs is 3. The number of aliphatic hydroxyl groups is 1. The van der Waals surface area contributed by atoms with E-state index in [0.29, 0.717) is 13.1 Å². The fourth-order valence-electron chi connectivity index (χ4n) is 3.18. The van der Waals surface area contributed by atoms with Crippen LogP contribution in [0.3, 0.4) is 0 Å². The zero-order chi connectivity index (χ0) is 22.7. The third-order valence-corrected chi connectivity index (χ3v) is 6.29. The van der Waals surface area contributed by atoms with Gasteiger partial charge in [0.05, 0.1) is 11.8 Å². The second-order valence-corrected chi connectivity index (χ2v) is 9.06. The van der Waals surface area contributed by atoms with Crippen LogP contribution in [0.1, 0.15) is 47.1 Å². The van der Waals surface area contributed by atoms with Gasteiger partial charge in [-0.3, -0.25) is 14.4 Å². The van der Waals surface area contributed by atoms with Crippen LogP contribution in [0, 0.1) is 20.8 Å². The van der Waals surface area contributed by atoms with Gasteiger partial charge in [-0.05, 0) is 45.4 Å². The molecule has 1 unspecified atom stereocenters. The predicted molar refractivity (Wildman–Crippen MR) is 125 cm³/mol. The number of benzene rings is 1. The van der Waals surface area contributed by atoms with Crippen LogP contribution in [-0.2, 0) is 11.3 Å². The standard InChI is InChI=1S/C17H15ClN4S.C5H11NO2/c1-9-10(2)23-17-15(9)16(12-4-6-13(18)7-5-12)19-8-14-21-20-11(3)22(14)17;1-4(7)3-6-5(2)8/h4-7H,8H2,1-3H3;4,7H,3H2,1-2H3,(H,6,8). The van der Waals surface area contributed by atoms with E-state index in [0.717, 1.165) is 32.9 Å². The van der Waals surface area contributed by atoms with E-state index in [4.69, 9.17) is 21.7 Å². The van der Waals surface area contributed by atoms with Gasteiger partial charge < -0.3 is 10.4 Å². The maximum atomic E-state index is 10.1. The van der Waals surface area contributed by atoms with Crippen LogP contribution in [0.4, 0.5) is 0 Å². The van der Waals surface area contributed by atoms with E-state index in [1.54, 1.807) is 18.3 Å². The minimum absolute atomic E-state index is 0.106. The number of amides is 1. The Kier molecular flexibility index (Phi) is 7.25. The number of carbonyl (C=O) groups excluding carboxylic acids is 1. The number of halogens is 1. The molecule has 0 spiro atoms. The molecule has 1 aromatic carbocycles. The highest BCUT2D eigenvalue weighted by Gasteiger charge is 2.26. The van der Waals surface area contributed by atoms with Gasteiger partial charge in [-0.2, -0.15) is 0 Å². The second-order valence-electron chi connectivity index (χ2n) is 7.42. The van der Waals surface area contributed by atoms with Crippen molar-refractivity contribution in [3.63, 3.8) is 0 Å². The number of thiophene rings is 1. The Labute approximate surface area is 190 Å². The number of nitrogens with zero attached hydrogens (tertiary/aromatic N) is 4. The van der Waals surface area contributed by atoms with Crippen LogP contribution < -0.4 is 5.32 Å². The van der Waals surface area contributed by atoms with Gasteiger partial charge in [-0.25, -0.2) is 0 Å². The molecule has 3 heterocycles. The predicted octanol–water partition coefficient (Wildman–Crippen LogP) is 3.76. The number of hydrogen-bond acceptors (Lipinski definition) is 6. The largest absolute Gasteiger partial charge is 0.392 e. The van der Waals surface area contributed by atoms with Gasteiger partial charge in [0.25, 0.3) is 0 Å². The van der Waals surface area contributed by atoms with Gasteiger partial charge in [-0.1, -0.05) is 23.7 Å². The summed E-state index contributed by atoms with van der Waals surface area (Å²) >= 11 is 7.80. The minimum atomic E-state index is -0.445. The van der Waals surface area contributed by atoms with Crippen molar-refractivity contribution >= 4 is 34.6 Å². The summed E-state index contributed by atoms with van der Waals surface area (Å²) in [6.45, 7) is 10.2. The molecule has 0 aliphatic carbocycles. The Bertz CT molecular complexity index is 1120. The normalized spacial score (nSPS) is 13.2. The molecular weight excluding hydrogens is 434 g/mol. The van der Waals surface area contributed by atoms with Crippen LogP contribution in [0.2, 0.25) is 5.02 Å². The van der Waals surface area contributed by atoms with Crippen molar-refractivity contribution in [2.24, 2.45) is 4.99 Å². The van der Waals surface area contributed by atoms with Crippen molar-refractivity contribution in [3.05, 3.63) is 62.5 Å². The van der Waals surface area contributed by atoms with Crippen molar-refractivity contribution in [3.8, 4) is 5.00 Å². The monoisotopic (exact) mass is 459 g/mol. The summed E-state index contributed by atoms with van der Waals surface area (Å²) in [6, 6.07) is 7.86. The molecule has 1 amide bonds. The number of aryl methyl sites for hydroxylation is 2. The highest BCUT2D eigenvalue weighted by atomic mass is 35.5. The first-order valence-corrected chi connectivity index (χ1v) is 11.1. The lowest BCUT2D eigenvalue weighted by Gasteiger charge is -2.09. The quantitative estimate of drug-likeness (QED) is 0.623. The molecule has 4 rings (SSSR count). The van der Waals surface area contributed by atoms with Crippen LogP contribution in [0.15, 0.2) is 29.3 Å². The fourth-order valence-corrected chi connectivity index (χ4v) is 4.53. The Balaban J connectivity index is 0.000000293. The molecule has 31 heavy (non-hydrogen) atoms. The smallest absolute Gasteiger partial charge is 0.216 e. The van der Waals surface area contributed by atoms with Crippen LogP contribution in [0.25, 0.3) is 5.00 Å².